The highest BCUT2D eigenvalue weighted by Crippen LogP contribution is 2.20. The van der Waals surface area contributed by atoms with Crippen LogP contribution >= 0.6 is 35.6 Å². The summed E-state index contributed by atoms with van der Waals surface area (Å²) in [5.74, 6) is 0.967. The first-order valence-corrected chi connectivity index (χ1v) is 9.06. The fourth-order valence-corrected chi connectivity index (χ4v) is 3.17. The molecule has 1 saturated heterocycles. The van der Waals surface area contributed by atoms with Crippen LogP contribution in [0.4, 0.5) is 5.69 Å². The quantitative estimate of drug-likeness (QED) is 0.408. The molecular formula is C18H26ClIN6. The summed E-state index contributed by atoms with van der Waals surface area (Å²) < 4.78 is 1.87. The van der Waals surface area contributed by atoms with Crippen LogP contribution in [-0.4, -0.2) is 53.4 Å². The predicted octanol–water partition coefficient (Wildman–Crippen LogP) is 2.98. The Labute approximate surface area is 177 Å². The monoisotopic (exact) mass is 488 g/mol. The number of aromatic nitrogens is 2. The summed E-state index contributed by atoms with van der Waals surface area (Å²) in [6.07, 6.45) is 1.81. The molecule has 1 aromatic carbocycles. The second-order valence-electron chi connectivity index (χ2n) is 6.07. The highest BCUT2D eigenvalue weighted by molar-refractivity contribution is 14.0. The molecule has 0 bridgehead atoms. The van der Waals surface area contributed by atoms with Gasteiger partial charge in [-0.2, -0.15) is 5.10 Å². The molecule has 1 fully saturated rings. The van der Waals surface area contributed by atoms with E-state index in [1.165, 1.54) is 5.69 Å². The van der Waals surface area contributed by atoms with E-state index < -0.39 is 0 Å². The van der Waals surface area contributed by atoms with Crippen molar-refractivity contribution in [3.05, 3.63) is 47.2 Å². The fourth-order valence-electron chi connectivity index (χ4n) is 2.99. The topological polar surface area (TPSA) is 48.7 Å². The highest BCUT2D eigenvalue weighted by Gasteiger charge is 2.20. The van der Waals surface area contributed by atoms with E-state index in [1.807, 2.05) is 42.2 Å². The average Bonchev–Trinajstić information content (AvgIpc) is 3.04. The van der Waals surface area contributed by atoms with E-state index >= 15 is 0 Å². The number of rotatable bonds is 4. The Hall–Kier alpha value is -1.48. The van der Waals surface area contributed by atoms with Crippen molar-refractivity contribution in [3.63, 3.8) is 0 Å². The van der Waals surface area contributed by atoms with E-state index in [9.17, 15) is 0 Å². The molecule has 1 aliphatic heterocycles. The summed E-state index contributed by atoms with van der Waals surface area (Å²) in [6, 6.07) is 10.1. The number of guanidine groups is 1. The van der Waals surface area contributed by atoms with Crippen LogP contribution in [0.5, 0.6) is 0 Å². The minimum atomic E-state index is 0. The zero-order valence-corrected chi connectivity index (χ0v) is 18.3. The van der Waals surface area contributed by atoms with Crippen molar-refractivity contribution in [2.45, 2.75) is 13.5 Å². The molecule has 0 aliphatic carbocycles. The van der Waals surface area contributed by atoms with Crippen molar-refractivity contribution in [2.75, 3.05) is 37.6 Å². The standard InChI is InChI=1S/C18H25ClN6.HI/c1-3-20-18(21-14-17-7-8-22-23(17)2)25-11-9-24(10-12-25)16-6-4-5-15(19)13-16;/h4-8,13H,3,9-12,14H2,1-2H3,(H,20,21);1H. The Morgan fingerprint density at radius 1 is 1.23 bits per heavy atom. The van der Waals surface area contributed by atoms with Crippen LogP contribution in [0, 0.1) is 0 Å². The number of aliphatic imine (C=N–C) groups is 1. The molecule has 0 unspecified atom stereocenters. The molecule has 0 spiro atoms. The van der Waals surface area contributed by atoms with E-state index in [4.69, 9.17) is 16.6 Å². The number of nitrogens with zero attached hydrogens (tertiary/aromatic N) is 5. The lowest BCUT2D eigenvalue weighted by atomic mass is 10.2. The van der Waals surface area contributed by atoms with Crippen molar-refractivity contribution in [3.8, 4) is 0 Å². The maximum atomic E-state index is 6.11. The van der Waals surface area contributed by atoms with Gasteiger partial charge in [0.1, 0.15) is 0 Å². The SMILES string of the molecule is CCNC(=NCc1ccnn1C)N1CCN(c2cccc(Cl)c2)CC1.I. The number of halogens is 2. The number of nitrogens with one attached hydrogen (secondary N) is 1. The van der Waals surface area contributed by atoms with Crippen LogP contribution in [0.2, 0.25) is 5.02 Å². The van der Waals surface area contributed by atoms with Crippen LogP contribution in [0.1, 0.15) is 12.6 Å². The Kier molecular flexibility index (Phi) is 8.02. The summed E-state index contributed by atoms with van der Waals surface area (Å²) in [4.78, 5) is 9.47. The van der Waals surface area contributed by atoms with Crippen LogP contribution in [-0.2, 0) is 13.6 Å². The van der Waals surface area contributed by atoms with E-state index in [0.717, 1.165) is 49.4 Å². The predicted molar refractivity (Wildman–Crippen MR) is 119 cm³/mol. The van der Waals surface area contributed by atoms with E-state index in [0.29, 0.717) is 6.54 Å². The summed E-state index contributed by atoms with van der Waals surface area (Å²) in [5.41, 5.74) is 2.29. The van der Waals surface area contributed by atoms with Gasteiger partial charge in [-0.1, -0.05) is 17.7 Å². The van der Waals surface area contributed by atoms with Crippen molar-refractivity contribution in [2.24, 2.45) is 12.0 Å². The summed E-state index contributed by atoms with van der Waals surface area (Å²) in [6.45, 7) is 7.37. The van der Waals surface area contributed by atoms with Gasteiger partial charge in [0.2, 0.25) is 0 Å². The van der Waals surface area contributed by atoms with Gasteiger partial charge in [-0.05, 0) is 31.2 Å². The Balaban J connectivity index is 0.00000243. The fraction of sp³-hybridized carbons (Fsp3) is 0.444. The lowest BCUT2D eigenvalue weighted by Gasteiger charge is -2.37. The number of hydrogen-bond acceptors (Lipinski definition) is 3. The Bertz CT molecular complexity index is 724. The van der Waals surface area contributed by atoms with E-state index in [-0.39, 0.29) is 24.0 Å². The second-order valence-corrected chi connectivity index (χ2v) is 6.51. The molecule has 0 amide bonds. The second kappa shape index (κ2) is 10.0. The largest absolute Gasteiger partial charge is 0.368 e. The Morgan fingerprint density at radius 2 is 2.00 bits per heavy atom. The maximum Gasteiger partial charge on any atom is 0.194 e. The smallest absolute Gasteiger partial charge is 0.194 e. The molecular weight excluding hydrogens is 463 g/mol. The number of anilines is 1. The van der Waals surface area contributed by atoms with Crippen molar-refractivity contribution in [1.29, 1.82) is 0 Å². The van der Waals surface area contributed by atoms with Crippen molar-refractivity contribution in [1.82, 2.24) is 20.0 Å². The Morgan fingerprint density at radius 3 is 2.62 bits per heavy atom. The first kappa shape index (κ1) is 20.8. The first-order valence-electron chi connectivity index (χ1n) is 8.68. The minimum Gasteiger partial charge on any atom is -0.368 e. The van der Waals surface area contributed by atoms with Gasteiger partial charge in [-0.3, -0.25) is 4.68 Å². The zero-order valence-electron chi connectivity index (χ0n) is 15.2. The van der Waals surface area contributed by atoms with Crippen LogP contribution in [0.15, 0.2) is 41.5 Å². The van der Waals surface area contributed by atoms with Gasteiger partial charge in [-0.15, -0.1) is 24.0 Å². The highest BCUT2D eigenvalue weighted by atomic mass is 127. The lowest BCUT2D eigenvalue weighted by molar-refractivity contribution is 0.372. The van der Waals surface area contributed by atoms with Crippen molar-refractivity contribution >= 4 is 47.2 Å². The number of piperazine rings is 1. The molecule has 2 aromatic rings. The lowest BCUT2D eigenvalue weighted by Crippen LogP contribution is -2.52. The molecule has 8 heteroatoms. The molecule has 2 heterocycles. The molecule has 0 radical (unpaired) electrons. The van der Waals surface area contributed by atoms with Gasteiger partial charge < -0.3 is 15.1 Å². The third-order valence-corrected chi connectivity index (χ3v) is 4.64. The average molecular weight is 489 g/mol. The molecule has 1 aliphatic rings. The van der Waals surface area contributed by atoms with Crippen LogP contribution < -0.4 is 10.2 Å². The maximum absolute atomic E-state index is 6.11. The molecule has 3 rings (SSSR count). The third kappa shape index (κ3) is 5.26. The molecule has 142 valence electrons. The van der Waals surface area contributed by atoms with Crippen LogP contribution in [0.3, 0.4) is 0 Å². The number of hydrogen-bond donors (Lipinski definition) is 1. The van der Waals surface area contributed by atoms with Crippen LogP contribution in [0.25, 0.3) is 0 Å². The molecule has 6 nitrogen and oxygen atoms in total. The third-order valence-electron chi connectivity index (χ3n) is 4.40. The van der Waals surface area contributed by atoms with E-state index in [1.54, 1.807) is 0 Å². The normalized spacial score (nSPS) is 15.0. The molecule has 26 heavy (non-hydrogen) atoms. The first-order chi connectivity index (χ1) is 12.2. The van der Waals surface area contributed by atoms with E-state index in [2.05, 4.69) is 33.2 Å². The van der Waals surface area contributed by atoms with Gasteiger partial charge >= 0.3 is 0 Å². The molecule has 1 aromatic heterocycles. The van der Waals surface area contributed by atoms with Gasteiger partial charge in [0.25, 0.3) is 0 Å². The molecule has 0 saturated carbocycles. The van der Waals surface area contributed by atoms with Gasteiger partial charge in [0.15, 0.2) is 5.96 Å². The molecule has 0 atom stereocenters. The summed E-state index contributed by atoms with van der Waals surface area (Å²) in [7, 11) is 1.95. The summed E-state index contributed by atoms with van der Waals surface area (Å²) in [5, 5.41) is 8.39. The van der Waals surface area contributed by atoms with Gasteiger partial charge in [-0.25, -0.2) is 4.99 Å². The number of aryl methyl sites for hydroxylation is 1. The summed E-state index contributed by atoms with van der Waals surface area (Å²) >= 11 is 6.11. The van der Waals surface area contributed by atoms with Gasteiger partial charge in [0.05, 0.1) is 12.2 Å². The zero-order chi connectivity index (χ0) is 17.6. The van der Waals surface area contributed by atoms with Gasteiger partial charge in [0, 0.05) is 56.7 Å². The van der Waals surface area contributed by atoms with Crippen molar-refractivity contribution < 1.29 is 0 Å². The number of benzene rings is 1. The molecule has 1 N–H and O–H groups in total. The minimum absolute atomic E-state index is 0.